The Bertz CT molecular complexity index is 579. The van der Waals surface area contributed by atoms with Gasteiger partial charge >= 0.3 is 0 Å². The Balaban J connectivity index is 1.58. The standard InChI is InChI=1S/C21H32N4/c1-17(18-10-4-3-5-11-18)25-21(14-8-9-15-21)16-23-20(22-2)24-19-12-6-7-13-19/h3-7,10-11,17,19,25H,8-9,12-16H2,1-2H3,(H2,22,23,24). The van der Waals surface area contributed by atoms with E-state index in [9.17, 15) is 0 Å². The summed E-state index contributed by atoms with van der Waals surface area (Å²) in [6.07, 6.45) is 11.7. The van der Waals surface area contributed by atoms with Crippen LogP contribution in [0.5, 0.6) is 0 Å². The lowest BCUT2D eigenvalue weighted by Gasteiger charge is -2.35. The number of aliphatic imine (C=N–C) groups is 1. The fourth-order valence-electron chi connectivity index (χ4n) is 4.08. The molecule has 0 bridgehead atoms. The summed E-state index contributed by atoms with van der Waals surface area (Å²) in [5.74, 6) is 0.925. The first-order valence-corrected chi connectivity index (χ1v) is 9.66. The molecule has 136 valence electrons. The van der Waals surface area contributed by atoms with Crippen molar-refractivity contribution in [3.8, 4) is 0 Å². The van der Waals surface area contributed by atoms with Gasteiger partial charge in [-0.15, -0.1) is 0 Å². The molecule has 0 heterocycles. The molecule has 2 aliphatic carbocycles. The Labute approximate surface area is 152 Å². The second kappa shape index (κ2) is 8.52. The minimum atomic E-state index is 0.154. The van der Waals surface area contributed by atoms with Gasteiger partial charge in [-0.1, -0.05) is 55.3 Å². The number of nitrogens with one attached hydrogen (secondary N) is 3. The van der Waals surface area contributed by atoms with Crippen LogP contribution in [0.15, 0.2) is 47.5 Å². The molecule has 1 unspecified atom stereocenters. The van der Waals surface area contributed by atoms with Crippen LogP contribution in [0.2, 0.25) is 0 Å². The van der Waals surface area contributed by atoms with E-state index in [1.54, 1.807) is 0 Å². The maximum absolute atomic E-state index is 4.42. The highest BCUT2D eigenvalue weighted by Crippen LogP contribution is 2.31. The van der Waals surface area contributed by atoms with Crippen LogP contribution in [0.25, 0.3) is 0 Å². The molecule has 1 aromatic rings. The van der Waals surface area contributed by atoms with Gasteiger partial charge in [0, 0.05) is 31.2 Å². The van der Waals surface area contributed by atoms with Crippen molar-refractivity contribution in [3.63, 3.8) is 0 Å². The van der Waals surface area contributed by atoms with Crippen LogP contribution in [0.4, 0.5) is 0 Å². The summed E-state index contributed by atoms with van der Waals surface area (Å²) in [6.45, 7) is 3.19. The summed E-state index contributed by atoms with van der Waals surface area (Å²) in [6, 6.07) is 11.6. The molecular weight excluding hydrogens is 308 g/mol. The van der Waals surface area contributed by atoms with Crippen LogP contribution in [0, 0.1) is 0 Å². The van der Waals surface area contributed by atoms with Crippen molar-refractivity contribution in [2.75, 3.05) is 13.6 Å². The maximum atomic E-state index is 4.42. The normalized spacial score (nSPS) is 21.4. The van der Waals surface area contributed by atoms with Crippen LogP contribution in [0.3, 0.4) is 0 Å². The highest BCUT2D eigenvalue weighted by Gasteiger charge is 2.35. The summed E-state index contributed by atoms with van der Waals surface area (Å²) >= 11 is 0. The van der Waals surface area contributed by atoms with E-state index in [2.05, 4.69) is 70.4 Å². The lowest BCUT2D eigenvalue weighted by atomic mass is 9.94. The third-order valence-electron chi connectivity index (χ3n) is 5.55. The van der Waals surface area contributed by atoms with Gasteiger partial charge in [-0.2, -0.15) is 0 Å². The number of hydrogen-bond donors (Lipinski definition) is 3. The highest BCUT2D eigenvalue weighted by atomic mass is 15.2. The topological polar surface area (TPSA) is 48.5 Å². The molecule has 4 heteroatoms. The quantitative estimate of drug-likeness (QED) is 0.422. The van der Waals surface area contributed by atoms with Gasteiger partial charge < -0.3 is 16.0 Å². The van der Waals surface area contributed by atoms with Crippen LogP contribution >= 0.6 is 0 Å². The van der Waals surface area contributed by atoms with Crippen molar-refractivity contribution in [3.05, 3.63) is 48.0 Å². The van der Waals surface area contributed by atoms with Crippen molar-refractivity contribution < 1.29 is 0 Å². The molecule has 3 rings (SSSR count). The third kappa shape index (κ3) is 4.85. The number of benzene rings is 1. The minimum absolute atomic E-state index is 0.154. The SMILES string of the molecule is CN=C(NCC1(NC(C)c2ccccc2)CCCC1)NC1CC=CC1. The summed E-state index contributed by atoms with van der Waals surface area (Å²) in [5, 5.41) is 11.0. The fourth-order valence-corrected chi connectivity index (χ4v) is 4.08. The molecular formula is C21H32N4. The van der Waals surface area contributed by atoms with E-state index in [1.807, 2.05) is 7.05 Å². The van der Waals surface area contributed by atoms with Crippen molar-refractivity contribution in [1.82, 2.24) is 16.0 Å². The summed E-state index contributed by atoms with van der Waals surface area (Å²) in [4.78, 5) is 4.42. The van der Waals surface area contributed by atoms with Crippen LogP contribution in [0.1, 0.15) is 57.1 Å². The number of guanidine groups is 1. The second-order valence-corrected chi connectivity index (χ2v) is 7.47. The molecule has 2 aliphatic rings. The summed E-state index contributed by atoms with van der Waals surface area (Å²) in [5.41, 5.74) is 1.51. The van der Waals surface area contributed by atoms with Gasteiger partial charge in [0.15, 0.2) is 5.96 Å². The third-order valence-corrected chi connectivity index (χ3v) is 5.55. The van der Waals surface area contributed by atoms with Crippen LogP contribution in [-0.4, -0.2) is 31.1 Å². The minimum Gasteiger partial charge on any atom is -0.355 e. The first kappa shape index (κ1) is 18.0. The highest BCUT2D eigenvalue weighted by molar-refractivity contribution is 5.80. The van der Waals surface area contributed by atoms with Crippen molar-refractivity contribution in [1.29, 1.82) is 0 Å². The van der Waals surface area contributed by atoms with Gasteiger partial charge in [0.25, 0.3) is 0 Å². The lowest BCUT2D eigenvalue weighted by Crippen LogP contribution is -2.55. The van der Waals surface area contributed by atoms with E-state index in [1.165, 1.54) is 31.2 Å². The van der Waals surface area contributed by atoms with Crippen LogP contribution in [-0.2, 0) is 0 Å². The average molecular weight is 341 g/mol. The number of nitrogens with zero attached hydrogens (tertiary/aromatic N) is 1. The lowest BCUT2D eigenvalue weighted by molar-refractivity contribution is 0.296. The summed E-state index contributed by atoms with van der Waals surface area (Å²) in [7, 11) is 1.86. The Hall–Kier alpha value is -1.81. The first-order chi connectivity index (χ1) is 12.2. The van der Waals surface area contributed by atoms with Gasteiger partial charge in [0.2, 0.25) is 0 Å². The molecule has 1 fully saturated rings. The van der Waals surface area contributed by atoms with E-state index in [0.717, 1.165) is 25.3 Å². The monoisotopic (exact) mass is 340 g/mol. The van der Waals surface area contributed by atoms with Gasteiger partial charge in [0.1, 0.15) is 0 Å². The molecule has 0 aromatic heterocycles. The molecule has 25 heavy (non-hydrogen) atoms. The summed E-state index contributed by atoms with van der Waals surface area (Å²) < 4.78 is 0. The van der Waals surface area contributed by atoms with Crippen molar-refractivity contribution in [2.24, 2.45) is 4.99 Å². The molecule has 0 radical (unpaired) electrons. The largest absolute Gasteiger partial charge is 0.355 e. The smallest absolute Gasteiger partial charge is 0.191 e. The molecule has 0 saturated heterocycles. The second-order valence-electron chi connectivity index (χ2n) is 7.47. The maximum Gasteiger partial charge on any atom is 0.191 e. The van der Waals surface area contributed by atoms with Crippen LogP contribution < -0.4 is 16.0 Å². The van der Waals surface area contributed by atoms with E-state index in [-0.39, 0.29) is 5.54 Å². The van der Waals surface area contributed by atoms with Crippen molar-refractivity contribution >= 4 is 5.96 Å². The molecule has 0 aliphatic heterocycles. The zero-order valence-electron chi connectivity index (χ0n) is 15.6. The number of rotatable bonds is 6. The van der Waals surface area contributed by atoms with E-state index >= 15 is 0 Å². The molecule has 0 spiro atoms. The van der Waals surface area contributed by atoms with E-state index in [0.29, 0.717) is 12.1 Å². The van der Waals surface area contributed by atoms with Gasteiger partial charge in [-0.25, -0.2) is 0 Å². The molecule has 1 aromatic carbocycles. The predicted octanol–water partition coefficient (Wildman–Crippen LogP) is 3.53. The molecule has 0 amide bonds. The van der Waals surface area contributed by atoms with Gasteiger partial charge in [-0.3, -0.25) is 4.99 Å². The zero-order valence-corrected chi connectivity index (χ0v) is 15.6. The Morgan fingerprint density at radius 1 is 1.16 bits per heavy atom. The van der Waals surface area contributed by atoms with Gasteiger partial charge in [-0.05, 0) is 38.2 Å². The predicted molar refractivity (Wildman–Crippen MR) is 106 cm³/mol. The molecule has 4 nitrogen and oxygen atoms in total. The van der Waals surface area contributed by atoms with Gasteiger partial charge in [0.05, 0.1) is 0 Å². The van der Waals surface area contributed by atoms with E-state index in [4.69, 9.17) is 0 Å². The Morgan fingerprint density at radius 2 is 1.84 bits per heavy atom. The Morgan fingerprint density at radius 3 is 2.48 bits per heavy atom. The number of hydrogen-bond acceptors (Lipinski definition) is 2. The molecule has 1 saturated carbocycles. The van der Waals surface area contributed by atoms with E-state index < -0.39 is 0 Å². The first-order valence-electron chi connectivity index (χ1n) is 9.66. The molecule has 3 N–H and O–H groups in total. The zero-order chi connectivity index (χ0) is 17.5. The van der Waals surface area contributed by atoms with Crippen molar-refractivity contribution in [2.45, 2.75) is 63.1 Å². The fraction of sp³-hybridized carbons (Fsp3) is 0.571. The average Bonchev–Trinajstić information content (AvgIpc) is 3.32. The molecule has 1 atom stereocenters. The Kier molecular flexibility index (Phi) is 6.14.